The summed E-state index contributed by atoms with van der Waals surface area (Å²) in [6, 6.07) is 0.987. The summed E-state index contributed by atoms with van der Waals surface area (Å²) < 4.78 is 10.6. The second-order valence-corrected chi connectivity index (χ2v) is 7.41. The SMILES string of the molecule is CCC(C)c1cc(NC(=O)N2CCCNCC2C(=O)C2CCOCC2)on1. The smallest absolute Gasteiger partial charge is 0.324 e. The van der Waals surface area contributed by atoms with Crippen LogP contribution in [0.25, 0.3) is 0 Å². The topological polar surface area (TPSA) is 96.7 Å². The maximum atomic E-state index is 13.1. The molecule has 2 fully saturated rings. The van der Waals surface area contributed by atoms with Gasteiger partial charge in [-0.15, -0.1) is 0 Å². The zero-order valence-corrected chi connectivity index (χ0v) is 16.2. The van der Waals surface area contributed by atoms with Crippen LogP contribution in [0.5, 0.6) is 0 Å². The lowest BCUT2D eigenvalue weighted by molar-refractivity contribution is -0.129. The average Bonchev–Trinajstić information content (AvgIpc) is 3.02. The molecule has 27 heavy (non-hydrogen) atoms. The molecular formula is C19H30N4O4. The largest absolute Gasteiger partial charge is 0.381 e. The molecule has 1 aromatic heterocycles. The molecular weight excluding hydrogens is 348 g/mol. The van der Waals surface area contributed by atoms with Gasteiger partial charge in [-0.3, -0.25) is 10.1 Å². The third-order valence-corrected chi connectivity index (χ3v) is 5.56. The number of hydrogen-bond donors (Lipinski definition) is 2. The highest BCUT2D eigenvalue weighted by atomic mass is 16.5. The number of ketones is 1. The van der Waals surface area contributed by atoms with Crippen LogP contribution in [0.15, 0.2) is 10.6 Å². The minimum Gasteiger partial charge on any atom is -0.381 e. The molecule has 2 saturated heterocycles. The molecule has 3 rings (SSSR count). The van der Waals surface area contributed by atoms with Gasteiger partial charge in [0.25, 0.3) is 0 Å². The molecule has 2 aliphatic heterocycles. The second-order valence-electron chi connectivity index (χ2n) is 7.41. The molecule has 8 heteroatoms. The van der Waals surface area contributed by atoms with Crippen LogP contribution < -0.4 is 10.6 Å². The van der Waals surface area contributed by atoms with E-state index in [4.69, 9.17) is 9.26 Å². The number of anilines is 1. The molecule has 2 unspecified atom stereocenters. The van der Waals surface area contributed by atoms with Crippen LogP contribution in [0.3, 0.4) is 0 Å². The first kappa shape index (κ1) is 19.8. The lowest BCUT2D eigenvalue weighted by atomic mass is 9.90. The van der Waals surface area contributed by atoms with E-state index in [9.17, 15) is 9.59 Å². The summed E-state index contributed by atoms with van der Waals surface area (Å²) in [5, 5.41) is 10.1. The fourth-order valence-electron chi connectivity index (χ4n) is 3.60. The number of nitrogens with one attached hydrogen (secondary N) is 2. The normalized spacial score (nSPS) is 22.9. The van der Waals surface area contributed by atoms with E-state index in [1.54, 1.807) is 11.0 Å². The van der Waals surface area contributed by atoms with E-state index in [0.29, 0.717) is 32.2 Å². The molecule has 2 atom stereocenters. The van der Waals surface area contributed by atoms with Crippen LogP contribution in [0.1, 0.15) is 51.1 Å². The summed E-state index contributed by atoms with van der Waals surface area (Å²) in [4.78, 5) is 27.6. The van der Waals surface area contributed by atoms with Crippen molar-refractivity contribution in [2.75, 3.05) is 38.2 Å². The quantitative estimate of drug-likeness (QED) is 0.817. The van der Waals surface area contributed by atoms with Crippen LogP contribution in [0, 0.1) is 5.92 Å². The molecule has 0 radical (unpaired) electrons. The van der Waals surface area contributed by atoms with E-state index in [1.165, 1.54) is 0 Å². The minimum atomic E-state index is -0.465. The van der Waals surface area contributed by atoms with Crippen molar-refractivity contribution >= 4 is 17.7 Å². The molecule has 0 aromatic carbocycles. The van der Waals surface area contributed by atoms with Gasteiger partial charge in [-0.25, -0.2) is 4.79 Å². The van der Waals surface area contributed by atoms with Gasteiger partial charge in [-0.05, 0) is 32.2 Å². The van der Waals surface area contributed by atoms with E-state index >= 15 is 0 Å². The van der Waals surface area contributed by atoms with Crippen molar-refractivity contribution in [3.8, 4) is 0 Å². The van der Waals surface area contributed by atoms with Crippen LogP contribution in [0.2, 0.25) is 0 Å². The van der Waals surface area contributed by atoms with Gasteiger partial charge in [0.2, 0.25) is 5.88 Å². The molecule has 0 spiro atoms. The summed E-state index contributed by atoms with van der Waals surface area (Å²) in [6.45, 7) is 7.17. The van der Waals surface area contributed by atoms with Crippen molar-refractivity contribution in [3.05, 3.63) is 11.8 Å². The molecule has 2 amide bonds. The Kier molecular flexibility index (Phi) is 6.84. The monoisotopic (exact) mass is 378 g/mol. The highest BCUT2D eigenvalue weighted by Crippen LogP contribution is 2.23. The number of ether oxygens (including phenoxy) is 1. The summed E-state index contributed by atoms with van der Waals surface area (Å²) in [6.07, 6.45) is 3.20. The number of nitrogens with zero attached hydrogens (tertiary/aromatic N) is 2. The van der Waals surface area contributed by atoms with Gasteiger partial charge in [0.05, 0.1) is 5.69 Å². The zero-order chi connectivity index (χ0) is 19.2. The van der Waals surface area contributed by atoms with E-state index in [0.717, 1.165) is 37.9 Å². The Balaban J connectivity index is 1.69. The fourth-order valence-corrected chi connectivity index (χ4v) is 3.60. The van der Waals surface area contributed by atoms with Gasteiger partial charge >= 0.3 is 6.03 Å². The molecule has 2 N–H and O–H groups in total. The summed E-state index contributed by atoms with van der Waals surface area (Å²) in [7, 11) is 0. The fraction of sp³-hybridized carbons (Fsp3) is 0.737. The van der Waals surface area contributed by atoms with E-state index in [-0.39, 0.29) is 23.7 Å². The van der Waals surface area contributed by atoms with Crippen molar-refractivity contribution in [2.45, 2.75) is 51.5 Å². The predicted octanol–water partition coefficient (Wildman–Crippen LogP) is 2.38. The Morgan fingerprint density at radius 1 is 1.41 bits per heavy atom. The summed E-state index contributed by atoms with van der Waals surface area (Å²) in [5.74, 6) is 0.677. The maximum Gasteiger partial charge on any atom is 0.324 e. The summed E-state index contributed by atoms with van der Waals surface area (Å²) in [5.41, 5.74) is 0.820. The van der Waals surface area contributed by atoms with E-state index in [2.05, 4.69) is 29.6 Å². The van der Waals surface area contributed by atoms with Gasteiger partial charge in [0.15, 0.2) is 5.78 Å². The summed E-state index contributed by atoms with van der Waals surface area (Å²) >= 11 is 0. The lowest BCUT2D eigenvalue weighted by Crippen LogP contribution is -2.52. The standard InChI is InChI=1S/C19H30N4O4/c1-3-13(2)15-11-17(27-22-15)21-19(25)23-8-4-7-20-12-16(23)18(24)14-5-9-26-10-6-14/h11,13-14,16,20H,3-10,12H2,1-2H3,(H,21,25). The zero-order valence-electron chi connectivity index (χ0n) is 16.2. The molecule has 2 aliphatic rings. The Bertz CT molecular complexity index is 641. The Hall–Kier alpha value is -1.93. The van der Waals surface area contributed by atoms with E-state index in [1.807, 2.05) is 0 Å². The van der Waals surface area contributed by atoms with E-state index < -0.39 is 6.04 Å². The average molecular weight is 378 g/mol. The molecule has 0 bridgehead atoms. The first-order chi connectivity index (χ1) is 13.1. The number of rotatable bonds is 5. The Morgan fingerprint density at radius 3 is 2.93 bits per heavy atom. The van der Waals surface area contributed by atoms with Crippen LogP contribution in [0.4, 0.5) is 10.7 Å². The number of aromatic nitrogens is 1. The maximum absolute atomic E-state index is 13.1. The Labute approximate surface area is 160 Å². The lowest BCUT2D eigenvalue weighted by Gasteiger charge is -2.32. The van der Waals surface area contributed by atoms with Crippen molar-refractivity contribution in [1.82, 2.24) is 15.4 Å². The van der Waals surface area contributed by atoms with Gasteiger partial charge in [0, 0.05) is 44.2 Å². The Morgan fingerprint density at radius 2 is 2.19 bits per heavy atom. The van der Waals surface area contributed by atoms with Crippen molar-refractivity contribution in [1.29, 1.82) is 0 Å². The number of amides is 2. The first-order valence-electron chi connectivity index (χ1n) is 9.96. The van der Waals surface area contributed by atoms with Crippen molar-refractivity contribution in [3.63, 3.8) is 0 Å². The van der Waals surface area contributed by atoms with Crippen LogP contribution in [-0.2, 0) is 9.53 Å². The molecule has 0 aliphatic carbocycles. The van der Waals surface area contributed by atoms with Gasteiger partial charge < -0.3 is 19.5 Å². The molecule has 150 valence electrons. The van der Waals surface area contributed by atoms with Crippen molar-refractivity contribution in [2.24, 2.45) is 5.92 Å². The van der Waals surface area contributed by atoms with Gasteiger partial charge in [0.1, 0.15) is 6.04 Å². The number of urea groups is 1. The second kappa shape index (κ2) is 9.32. The van der Waals surface area contributed by atoms with Gasteiger partial charge in [-0.1, -0.05) is 19.0 Å². The van der Waals surface area contributed by atoms with Crippen LogP contribution in [-0.4, -0.2) is 60.8 Å². The highest BCUT2D eigenvalue weighted by Gasteiger charge is 2.35. The third kappa shape index (κ3) is 4.87. The molecule has 3 heterocycles. The van der Waals surface area contributed by atoms with Crippen molar-refractivity contribution < 1.29 is 18.8 Å². The molecule has 1 aromatic rings. The third-order valence-electron chi connectivity index (χ3n) is 5.56. The predicted molar refractivity (Wildman–Crippen MR) is 101 cm³/mol. The molecule has 0 saturated carbocycles. The number of carbonyl (C=O) groups excluding carboxylic acids is 2. The molecule has 8 nitrogen and oxygen atoms in total. The number of Topliss-reactive ketones (excluding diaryl/α,β-unsaturated/α-hetero) is 1. The highest BCUT2D eigenvalue weighted by molar-refractivity contribution is 5.94. The first-order valence-corrected chi connectivity index (χ1v) is 9.96. The number of hydrogen-bond acceptors (Lipinski definition) is 6. The van der Waals surface area contributed by atoms with Gasteiger partial charge in [-0.2, -0.15) is 0 Å². The van der Waals surface area contributed by atoms with Crippen LogP contribution >= 0.6 is 0 Å². The number of carbonyl (C=O) groups is 2. The minimum absolute atomic E-state index is 0.0405.